The largest absolute Gasteiger partial charge is 0.468 e. The number of likely N-dealkylation sites (N-methyl/N-ethyl adjacent to an activating group) is 1. The van der Waals surface area contributed by atoms with E-state index in [9.17, 15) is 13.0 Å². The van der Waals surface area contributed by atoms with E-state index in [1.54, 1.807) is 48.5 Å². The smallest absolute Gasteiger partial charge is 0.294 e. The average molecular weight is 793 g/mol. The van der Waals surface area contributed by atoms with Crippen LogP contribution in [0.2, 0.25) is 16.6 Å². The number of hydrogen-bond donors (Lipinski definition) is 1. The number of fused-ring (bicyclic) bond motifs is 2. The fourth-order valence-electron chi connectivity index (χ4n) is 7.39. The van der Waals surface area contributed by atoms with Crippen molar-refractivity contribution in [1.82, 2.24) is 15.0 Å². The van der Waals surface area contributed by atoms with Gasteiger partial charge in [0, 0.05) is 37.8 Å². The van der Waals surface area contributed by atoms with Crippen LogP contribution in [0.1, 0.15) is 52.7 Å². The lowest BCUT2D eigenvalue weighted by atomic mass is 9.95. The minimum atomic E-state index is -4.39. The molecule has 286 valence electrons. The molecule has 0 spiro atoms. The van der Waals surface area contributed by atoms with Gasteiger partial charge in [-0.1, -0.05) is 77.4 Å². The molecule has 5 rings (SSSR count). The van der Waals surface area contributed by atoms with Crippen molar-refractivity contribution in [2.45, 2.75) is 74.6 Å². The van der Waals surface area contributed by atoms with E-state index in [-0.39, 0.29) is 34.0 Å². The number of nitrogens with zero attached hydrogens (tertiary/aromatic N) is 4. The molecule has 0 radical (unpaired) electrons. The quantitative estimate of drug-likeness (QED) is 0.0309. The van der Waals surface area contributed by atoms with Crippen molar-refractivity contribution in [3.63, 3.8) is 0 Å². The zero-order chi connectivity index (χ0) is 39.5. The molecule has 0 aliphatic carbocycles. The third kappa shape index (κ3) is 8.25. The van der Waals surface area contributed by atoms with E-state index < -0.39 is 29.8 Å². The molecule has 54 heavy (non-hydrogen) atoms. The number of halogens is 2. The van der Waals surface area contributed by atoms with Crippen LogP contribution in [-0.4, -0.2) is 69.7 Å². The predicted molar refractivity (Wildman–Crippen MR) is 216 cm³/mol. The molecular formula is C40H46F2N4O5S2Si. The first-order valence-electron chi connectivity index (χ1n) is 17.6. The van der Waals surface area contributed by atoms with Gasteiger partial charge in [0.15, 0.2) is 17.8 Å². The fourth-order valence-corrected chi connectivity index (χ4v) is 13.5. The van der Waals surface area contributed by atoms with Crippen LogP contribution in [-0.2, 0) is 21.3 Å². The molecule has 0 fully saturated rings. The van der Waals surface area contributed by atoms with Crippen LogP contribution in [0, 0.1) is 23.1 Å². The van der Waals surface area contributed by atoms with Crippen LogP contribution in [0.5, 0.6) is 5.75 Å². The number of anilines is 1. The maximum atomic E-state index is 17.1. The molecule has 2 aromatic heterocycles. The molecule has 9 nitrogen and oxygen atoms in total. The first-order valence-corrected chi connectivity index (χ1v) is 22.5. The zero-order valence-corrected chi connectivity index (χ0v) is 34.6. The topological polar surface area (TPSA) is 115 Å². The van der Waals surface area contributed by atoms with E-state index in [4.69, 9.17) is 14.5 Å². The van der Waals surface area contributed by atoms with Gasteiger partial charge in [0.2, 0.25) is 0 Å². The Kier molecular flexibility index (Phi) is 12.7. The first-order chi connectivity index (χ1) is 25.5. The molecule has 2 heterocycles. The Bertz CT molecular complexity index is 2340. The fraction of sp³-hybridized carbons (Fsp3) is 0.375. The number of hydrogen-bond acceptors (Lipinski definition) is 9. The van der Waals surface area contributed by atoms with Crippen LogP contribution in [0.3, 0.4) is 0 Å². The molecule has 0 amide bonds. The summed E-state index contributed by atoms with van der Waals surface area (Å²) in [7, 11) is -3.43. The molecule has 0 bridgehead atoms. The zero-order valence-electron chi connectivity index (χ0n) is 32.0. The highest BCUT2D eigenvalue weighted by molar-refractivity contribution is 7.98. The Hall–Kier alpha value is -4.13. The summed E-state index contributed by atoms with van der Waals surface area (Å²) in [4.78, 5) is 15.5. The summed E-state index contributed by atoms with van der Waals surface area (Å²) >= 11 is 1.26. The van der Waals surface area contributed by atoms with E-state index >= 15 is 8.78 Å². The second-order valence-corrected chi connectivity index (χ2v) is 22.0. The highest BCUT2D eigenvalue weighted by Crippen LogP contribution is 2.43. The van der Waals surface area contributed by atoms with Crippen LogP contribution in [0.15, 0.2) is 64.8 Å². The summed E-state index contributed by atoms with van der Waals surface area (Å²) in [6.45, 7) is 13.4. The standard InChI is InChI=1S/C40H46F2N4O5S2Si/c1-24(2)54(25(3)4,26(5)6)18-16-31-34(41)14-13-28-20-29(51-23-50-8)21-32(35(28)31)37-36(42)38-33(22-43-40(45-38)52-9)39(44-37)46(7)17-15-27-11-10-12-30(19-27)53(47,48)49/h10-14,19-22,24-26H,15,17,23H2,1-9H3,(H,47,48,49). The van der Waals surface area contributed by atoms with Gasteiger partial charge >= 0.3 is 0 Å². The summed E-state index contributed by atoms with van der Waals surface area (Å²) in [5.74, 6) is 2.77. The van der Waals surface area contributed by atoms with Gasteiger partial charge in [-0.15, -0.1) is 5.54 Å². The van der Waals surface area contributed by atoms with Crippen molar-refractivity contribution in [2.75, 3.05) is 38.7 Å². The lowest BCUT2D eigenvalue weighted by Gasteiger charge is -2.38. The van der Waals surface area contributed by atoms with Gasteiger partial charge in [0.25, 0.3) is 10.1 Å². The van der Waals surface area contributed by atoms with Crippen molar-refractivity contribution in [3.05, 3.63) is 77.5 Å². The SMILES string of the molecule is COCOc1cc(-c2nc(N(C)CCc3cccc(S(=O)(=O)O)c3)c3cnc(SC)nc3c2F)c2c(C#C[Si](C(C)C)(C(C)C)C(C)C)c(F)ccc2c1. The van der Waals surface area contributed by atoms with Gasteiger partial charge in [-0.25, -0.2) is 23.7 Å². The van der Waals surface area contributed by atoms with E-state index in [1.807, 2.05) is 0 Å². The molecule has 0 aliphatic rings. The Labute approximate surface area is 321 Å². The lowest BCUT2D eigenvalue weighted by Crippen LogP contribution is -2.43. The Morgan fingerprint density at radius 2 is 1.70 bits per heavy atom. The molecule has 0 saturated heterocycles. The molecular weight excluding hydrogens is 747 g/mol. The first kappa shape index (κ1) is 41.0. The molecule has 5 aromatic rings. The molecule has 1 N–H and O–H groups in total. The van der Waals surface area contributed by atoms with Crippen molar-refractivity contribution < 1.29 is 31.2 Å². The van der Waals surface area contributed by atoms with Crippen molar-refractivity contribution in [3.8, 4) is 28.5 Å². The molecule has 14 heteroatoms. The number of ether oxygens (including phenoxy) is 2. The summed E-state index contributed by atoms with van der Waals surface area (Å²) in [6.07, 6.45) is 3.68. The van der Waals surface area contributed by atoms with Crippen LogP contribution in [0.25, 0.3) is 32.9 Å². The number of aromatic nitrogens is 3. The summed E-state index contributed by atoms with van der Waals surface area (Å²) in [6, 6.07) is 12.4. The van der Waals surface area contributed by atoms with Gasteiger partial charge in [-0.3, -0.25) is 4.55 Å². The summed E-state index contributed by atoms with van der Waals surface area (Å²) < 4.78 is 77.5. The van der Waals surface area contributed by atoms with E-state index in [1.165, 1.54) is 43.3 Å². The number of methoxy groups -OCH3 is 1. The van der Waals surface area contributed by atoms with Gasteiger partial charge in [0.05, 0.1) is 15.8 Å². The third-order valence-electron chi connectivity index (χ3n) is 10.0. The molecule has 3 aromatic carbocycles. The van der Waals surface area contributed by atoms with Gasteiger partial charge in [-0.05, 0) is 70.6 Å². The Morgan fingerprint density at radius 3 is 2.33 bits per heavy atom. The highest BCUT2D eigenvalue weighted by Gasteiger charge is 2.42. The predicted octanol–water partition coefficient (Wildman–Crippen LogP) is 9.32. The number of pyridine rings is 1. The molecule has 0 saturated carbocycles. The maximum absolute atomic E-state index is 17.1. The Balaban J connectivity index is 1.79. The molecule has 0 aliphatic heterocycles. The van der Waals surface area contributed by atoms with Gasteiger partial charge in [-0.2, -0.15) is 8.42 Å². The Morgan fingerprint density at radius 1 is 1.00 bits per heavy atom. The van der Waals surface area contributed by atoms with Crippen LogP contribution in [0.4, 0.5) is 14.6 Å². The summed E-state index contributed by atoms with van der Waals surface area (Å²) in [5.41, 5.74) is 5.57. The minimum Gasteiger partial charge on any atom is -0.468 e. The molecule has 0 atom stereocenters. The van der Waals surface area contributed by atoms with E-state index in [2.05, 4.69) is 63.0 Å². The monoisotopic (exact) mass is 792 g/mol. The lowest BCUT2D eigenvalue weighted by molar-refractivity contribution is 0.0512. The second-order valence-electron chi connectivity index (χ2n) is 14.2. The summed E-state index contributed by atoms with van der Waals surface area (Å²) in [5, 5.41) is 1.68. The maximum Gasteiger partial charge on any atom is 0.294 e. The van der Waals surface area contributed by atoms with E-state index in [0.717, 1.165) is 0 Å². The highest BCUT2D eigenvalue weighted by atomic mass is 32.2. The normalized spacial score (nSPS) is 12.2. The van der Waals surface area contributed by atoms with Crippen molar-refractivity contribution >= 4 is 57.4 Å². The second kappa shape index (κ2) is 16.7. The van der Waals surface area contributed by atoms with Crippen molar-refractivity contribution in [1.29, 1.82) is 0 Å². The number of rotatable bonds is 13. The number of benzene rings is 3. The van der Waals surface area contributed by atoms with Gasteiger partial charge in [0.1, 0.15) is 36.7 Å². The van der Waals surface area contributed by atoms with Gasteiger partial charge < -0.3 is 14.4 Å². The van der Waals surface area contributed by atoms with Crippen molar-refractivity contribution in [2.24, 2.45) is 0 Å². The average Bonchev–Trinajstić information content (AvgIpc) is 3.13. The minimum absolute atomic E-state index is 0.0285. The van der Waals surface area contributed by atoms with E-state index in [0.29, 0.717) is 68.0 Å². The van der Waals surface area contributed by atoms with Crippen LogP contribution >= 0.6 is 11.8 Å². The van der Waals surface area contributed by atoms with Crippen LogP contribution < -0.4 is 9.64 Å². The number of thioether (sulfide) groups is 1. The molecule has 0 unspecified atom stereocenters. The third-order valence-corrected chi connectivity index (χ3v) is 17.7.